The number of β-amino-alcohol motifs (C(OH)–C–C–N with tert-alkyl or cyclic N) is 1. The Balaban J connectivity index is 1.23. The highest BCUT2D eigenvalue weighted by Crippen LogP contribution is 2.40. The monoisotopic (exact) mass is 520 g/mol. The number of benzene rings is 1. The fourth-order valence-electron chi connectivity index (χ4n) is 5.31. The predicted octanol–water partition coefficient (Wildman–Crippen LogP) is 2.23. The molecule has 5 rings (SSSR count). The number of amides is 2. The van der Waals surface area contributed by atoms with Crippen LogP contribution in [0.3, 0.4) is 0 Å². The smallest absolute Gasteiger partial charge is 0.258 e. The van der Waals surface area contributed by atoms with Crippen molar-refractivity contribution in [2.24, 2.45) is 5.41 Å². The Hall–Kier alpha value is -3.53. The molecule has 2 unspecified atom stereocenters. The normalized spacial score (nSPS) is 20.6. The summed E-state index contributed by atoms with van der Waals surface area (Å²) in [5.41, 5.74) is 0.359. The van der Waals surface area contributed by atoms with Crippen molar-refractivity contribution < 1.29 is 14.7 Å². The van der Waals surface area contributed by atoms with Crippen molar-refractivity contribution in [2.45, 2.75) is 77.1 Å². The van der Waals surface area contributed by atoms with E-state index in [1.807, 2.05) is 57.3 Å². The first-order chi connectivity index (χ1) is 18.1. The Morgan fingerprint density at radius 3 is 2.68 bits per heavy atom. The van der Waals surface area contributed by atoms with Gasteiger partial charge in [-0.05, 0) is 42.2 Å². The molecule has 3 atom stereocenters. The summed E-state index contributed by atoms with van der Waals surface area (Å²) in [5.74, 6) is -0.132. The van der Waals surface area contributed by atoms with Crippen LogP contribution >= 0.6 is 0 Å². The molecule has 0 bridgehead atoms. The predicted molar refractivity (Wildman–Crippen MR) is 142 cm³/mol. The summed E-state index contributed by atoms with van der Waals surface area (Å²) >= 11 is 0. The number of nitrogens with zero attached hydrogens (tertiary/aromatic N) is 5. The van der Waals surface area contributed by atoms with Crippen LogP contribution in [-0.4, -0.2) is 66.6 Å². The number of carbonyl (C=O) groups is 2. The summed E-state index contributed by atoms with van der Waals surface area (Å²) in [6.45, 7) is 6.80. The molecule has 1 aromatic carbocycles. The van der Waals surface area contributed by atoms with Crippen molar-refractivity contribution in [1.29, 1.82) is 0 Å². The molecule has 1 aliphatic carbocycles. The van der Waals surface area contributed by atoms with Gasteiger partial charge in [0.2, 0.25) is 11.8 Å². The standard InChI is InChI=1S/C28H36N6O4/c1-28(2,3)24(34-17-22(30-31-34)19-9-10-19)27(38)33-16-20(35)15-23(33)25(36)29-12-6-13-32-14-11-18-7-4-5-8-21(18)26(32)37/h4-5,7-8,11,14,17,19-20,23-24,35H,6,9-10,12-13,15-16H2,1-3H3,(H,29,36)/t20?,23?,24-/m1/s1. The first kappa shape index (κ1) is 26.1. The third-order valence-corrected chi connectivity index (χ3v) is 7.47. The van der Waals surface area contributed by atoms with E-state index in [0.717, 1.165) is 23.9 Å². The lowest BCUT2D eigenvalue weighted by Gasteiger charge is -2.34. The fourth-order valence-corrected chi connectivity index (χ4v) is 5.31. The molecule has 2 aliphatic rings. The van der Waals surface area contributed by atoms with Gasteiger partial charge in [0, 0.05) is 49.8 Å². The SMILES string of the molecule is CC(C)(C)[C@@H](C(=O)N1CC(O)CC1C(=O)NCCCn1ccc2ccccc2c1=O)n1cc(C2CC2)nn1. The zero-order valence-electron chi connectivity index (χ0n) is 22.2. The summed E-state index contributed by atoms with van der Waals surface area (Å²) in [6, 6.07) is 7.95. The number of pyridine rings is 1. The number of rotatable bonds is 8. The lowest BCUT2D eigenvalue weighted by molar-refractivity contribution is -0.144. The Labute approximate surface area is 221 Å². The number of aliphatic hydroxyl groups excluding tert-OH is 1. The fraction of sp³-hybridized carbons (Fsp3) is 0.536. The molecular weight excluding hydrogens is 484 g/mol. The Bertz CT molecular complexity index is 1390. The van der Waals surface area contributed by atoms with Gasteiger partial charge in [-0.15, -0.1) is 5.10 Å². The van der Waals surface area contributed by atoms with E-state index >= 15 is 0 Å². The summed E-state index contributed by atoms with van der Waals surface area (Å²) in [5, 5.41) is 23.4. The van der Waals surface area contributed by atoms with E-state index in [-0.39, 0.29) is 30.3 Å². The van der Waals surface area contributed by atoms with Gasteiger partial charge in [0.25, 0.3) is 5.56 Å². The molecule has 38 heavy (non-hydrogen) atoms. The van der Waals surface area contributed by atoms with Crippen LogP contribution in [0.15, 0.2) is 47.5 Å². The van der Waals surface area contributed by atoms with E-state index in [1.165, 1.54) is 4.90 Å². The van der Waals surface area contributed by atoms with Crippen LogP contribution in [0, 0.1) is 5.41 Å². The zero-order valence-corrected chi connectivity index (χ0v) is 22.2. The van der Waals surface area contributed by atoms with Crippen molar-refractivity contribution in [3.8, 4) is 0 Å². The van der Waals surface area contributed by atoms with Crippen molar-refractivity contribution in [2.75, 3.05) is 13.1 Å². The number of aromatic nitrogens is 4. The maximum absolute atomic E-state index is 13.8. The highest BCUT2D eigenvalue weighted by molar-refractivity contribution is 5.90. The van der Waals surface area contributed by atoms with Gasteiger partial charge in [-0.2, -0.15) is 0 Å². The molecule has 2 N–H and O–H groups in total. The molecular formula is C28H36N6O4. The Kier molecular flexibility index (Phi) is 7.09. The van der Waals surface area contributed by atoms with Crippen LogP contribution in [0.2, 0.25) is 0 Å². The van der Waals surface area contributed by atoms with Gasteiger partial charge in [0.05, 0.1) is 11.8 Å². The van der Waals surface area contributed by atoms with Crippen LogP contribution in [0.4, 0.5) is 0 Å². The number of carbonyl (C=O) groups excluding carboxylic acids is 2. The number of hydrogen-bond donors (Lipinski definition) is 2. The summed E-state index contributed by atoms with van der Waals surface area (Å²) in [7, 11) is 0. The topological polar surface area (TPSA) is 122 Å². The Morgan fingerprint density at radius 2 is 1.95 bits per heavy atom. The largest absolute Gasteiger partial charge is 0.391 e. The van der Waals surface area contributed by atoms with Gasteiger partial charge in [0.15, 0.2) is 0 Å². The second-order valence-electron chi connectivity index (χ2n) is 11.6. The van der Waals surface area contributed by atoms with E-state index < -0.39 is 23.6 Å². The van der Waals surface area contributed by atoms with E-state index in [1.54, 1.807) is 15.4 Å². The third-order valence-electron chi connectivity index (χ3n) is 7.47. The van der Waals surface area contributed by atoms with E-state index in [2.05, 4.69) is 15.6 Å². The third kappa shape index (κ3) is 5.36. The minimum atomic E-state index is -0.774. The lowest BCUT2D eigenvalue weighted by atomic mass is 9.85. The summed E-state index contributed by atoms with van der Waals surface area (Å²) in [6.07, 6.45) is 5.76. The van der Waals surface area contributed by atoms with Crippen LogP contribution in [-0.2, 0) is 16.1 Å². The van der Waals surface area contributed by atoms with Crippen LogP contribution in [0.25, 0.3) is 10.8 Å². The lowest BCUT2D eigenvalue weighted by Crippen LogP contribution is -2.50. The van der Waals surface area contributed by atoms with Gasteiger partial charge < -0.3 is 19.9 Å². The maximum Gasteiger partial charge on any atom is 0.258 e. The van der Waals surface area contributed by atoms with Crippen molar-refractivity contribution >= 4 is 22.6 Å². The van der Waals surface area contributed by atoms with Crippen LogP contribution in [0.1, 0.15) is 64.1 Å². The molecule has 1 aliphatic heterocycles. The molecule has 3 aromatic rings. The number of likely N-dealkylation sites (tertiary alicyclic amines) is 1. The quantitative estimate of drug-likeness (QED) is 0.439. The second kappa shape index (κ2) is 10.3. The Morgan fingerprint density at radius 1 is 1.18 bits per heavy atom. The van der Waals surface area contributed by atoms with Gasteiger partial charge in [-0.1, -0.05) is 44.2 Å². The first-order valence-corrected chi connectivity index (χ1v) is 13.4. The highest BCUT2D eigenvalue weighted by Gasteiger charge is 2.45. The van der Waals surface area contributed by atoms with E-state index in [9.17, 15) is 19.5 Å². The number of fused-ring (bicyclic) bond motifs is 1. The summed E-state index contributed by atoms with van der Waals surface area (Å²) in [4.78, 5) is 41.2. The first-order valence-electron chi connectivity index (χ1n) is 13.4. The second-order valence-corrected chi connectivity index (χ2v) is 11.6. The van der Waals surface area contributed by atoms with Crippen LogP contribution < -0.4 is 10.9 Å². The van der Waals surface area contributed by atoms with Gasteiger partial charge in [-0.3, -0.25) is 14.4 Å². The molecule has 0 radical (unpaired) electrons. The van der Waals surface area contributed by atoms with Crippen molar-refractivity contribution in [3.63, 3.8) is 0 Å². The molecule has 0 spiro atoms. The molecule has 10 nitrogen and oxygen atoms in total. The average Bonchev–Trinajstić information content (AvgIpc) is 3.49. The molecule has 3 heterocycles. The van der Waals surface area contributed by atoms with Gasteiger partial charge in [-0.25, -0.2) is 4.68 Å². The molecule has 2 aromatic heterocycles. The van der Waals surface area contributed by atoms with Crippen molar-refractivity contribution in [3.05, 3.63) is 58.8 Å². The molecule has 2 fully saturated rings. The molecule has 2 amide bonds. The molecule has 202 valence electrons. The summed E-state index contributed by atoms with van der Waals surface area (Å²) < 4.78 is 3.27. The average molecular weight is 521 g/mol. The number of hydrogen-bond acceptors (Lipinski definition) is 6. The number of aliphatic hydroxyl groups is 1. The molecule has 1 saturated carbocycles. The molecule has 10 heteroatoms. The van der Waals surface area contributed by atoms with E-state index in [0.29, 0.717) is 30.8 Å². The van der Waals surface area contributed by atoms with Crippen molar-refractivity contribution in [1.82, 2.24) is 29.8 Å². The zero-order chi connectivity index (χ0) is 27.0. The number of nitrogens with one attached hydrogen (secondary N) is 1. The minimum Gasteiger partial charge on any atom is -0.391 e. The van der Waals surface area contributed by atoms with E-state index in [4.69, 9.17) is 0 Å². The van der Waals surface area contributed by atoms with Gasteiger partial charge >= 0.3 is 0 Å². The molecule has 1 saturated heterocycles. The number of aryl methyl sites for hydroxylation is 1. The van der Waals surface area contributed by atoms with Crippen LogP contribution in [0.5, 0.6) is 0 Å². The van der Waals surface area contributed by atoms with Gasteiger partial charge in [0.1, 0.15) is 12.1 Å². The highest BCUT2D eigenvalue weighted by atomic mass is 16.3. The minimum absolute atomic E-state index is 0.0590. The maximum atomic E-state index is 13.8.